The summed E-state index contributed by atoms with van der Waals surface area (Å²) in [6.45, 7) is 3.58. The molecule has 0 saturated carbocycles. The van der Waals surface area contributed by atoms with Gasteiger partial charge in [0, 0.05) is 23.7 Å². The van der Waals surface area contributed by atoms with Gasteiger partial charge in [-0.3, -0.25) is 0 Å². The van der Waals surface area contributed by atoms with Crippen molar-refractivity contribution in [1.82, 2.24) is 9.97 Å². The van der Waals surface area contributed by atoms with Crippen molar-refractivity contribution in [1.29, 1.82) is 0 Å². The Morgan fingerprint density at radius 1 is 1.30 bits per heavy atom. The lowest BCUT2D eigenvalue weighted by molar-refractivity contribution is 0.128. The number of halogens is 2. The zero-order valence-electron chi connectivity index (χ0n) is 11.1. The maximum atomic E-state index is 5.98. The van der Waals surface area contributed by atoms with Gasteiger partial charge in [0.05, 0.1) is 0 Å². The molecule has 1 aromatic heterocycles. The van der Waals surface area contributed by atoms with E-state index in [0.29, 0.717) is 36.6 Å². The molecule has 0 spiro atoms. The number of nitrogens with one attached hydrogen (secondary N) is 1. The maximum absolute atomic E-state index is 5.98. The number of anilines is 1. The average Bonchev–Trinajstić information content (AvgIpc) is 2.42. The van der Waals surface area contributed by atoms with E-state index in [-0.39, 0.29) is 0 Å². The van der Waals surface area contributed by atoms with Crippen LogP contribution in [0.4, 0.5) is 5.82 Å². The van der Waals surface area contributed by atoms with E-state index in [4.69, 9.17) is 16.3 Å². The van der Waals surface area contributed by atoms with Crippen molar-refractivity contribution in [2.75, 3.05) is 11.9 Å². The molecule has 20 heavy (non-hydrogen) atoms. The number of ether oxygens (including phenoxy) is 1. The van der Waals surface area contributed by atoms with Crippen LogP contribution in [0.25, 0.3) is 0 Å². The molecule has 0 aliphatic rings. The average molecular weight is 357 g/mol. The molecular formula is C14H15BrClN3O. The molecule has 2 rings (SSSR count). The van der Waals surface area contributed by atoms with Crippen molar-refractivity contribution >= 4 is 33.3 Å². The molecular weight excluding hydrogens is 342 g/mol. The SMILES string of the molecule is CCOCc1nc(Cl)cc(NCc2cccc(Br)c2)n1. The van der Waals surface area contributed by atoms with Gasteiger partial charge >= 0.3 is 0 Å². The quantitative estimate of drug-likeness (QED) is 0.794. The number of hydrogen-bond donors (Lipinski definition) is 1. The standard InChI is InChI=1S/C14H15BrClN3O/c1-2-20-9-14-18-12(16)7-13(19-14)17-8-10-4-3-5-11(15)6-10/h3-7H,2,8-9H2,1H3,(H,17,18,19). The normalized spacial score (nSPS) is 10.6. The lowest BCUT2D eigenvalue weighted by Crippen LogP contribution is -2.06. The van der Waals surface area contributed by atoms with Crippen molar-refractivity contribution in [2.24, 2.45) is 0 Å². The molecule has 0 aliphatic heterocycles. The van der Waals surface area contributed by atoms with E-state index in [1.54, 1.807) is 6.07 Å². The van der Waals surface area contributed by atoms with Crippen LogP contribution in [-0.4, -0.2) is 16.6 Å². The minimum atomic E-state index is 0.364. The highest BCUT2D eigenvalue weighted by Crippen LogP contribution is 2.15. The summed E-state index contributed by atoms with van der Waals surface area (Å²) in [5, 5.41) is 3.64. The molecule has 6 heteroatoms. The molecule has 106 valence electrons. The second kappa shape index (κ2) is 7.57. The number of rotatable bonds is 6. The van der Waals surface area contributed by atoms with Gasteiger partial charge < -0.3 is 10.1 Å². The molecule has 0 saturated heterocycles. The predicted octanol–water partition coefficient (Wildman–Crippen LogP) is 4.04. The van der Waals surface area contributed by atoms with Crippen LogP contribution in [0.15, 0.2) is 34.8 Å². The molecule has 0 bridgehead atoms. The molecule has 0 radical (unpaired) electrons. The lowest BCUT2D eigenvalue weighted by atomic mass is 10.2. The third-order valence-corrected chi connectivity index (χ3v) is 3.23. The van der Waals surface area contributed by atoms with Gasteiger partial charge in [-0.2, -0.15) is 0 Å². The molecule has 0 atom stereocenters. The molecule has 1 aromatic carbocycles. The third kappa shape index (κ3) is 4.74. The second-order valence-electron chi connectivity index (χ2n) is 4.11. The van der Waals surface area contributed by atoms with Crippen molar-refractivity contribution in [3.05, 3.63) is 51.3 Å². The topological polar surface area (TPSA) is 47.0 Å². The van der Waals surface area contributed by atoms with Crippen LogP contribution in [0.5, 0.6) is 0 Å². The van der Waals surface area contributed by atoms with Gasteiger partial charge in [0.25, 0.3) is 0 Å². The molecule has 0 unspecified atom stereocenters. The fraction of sp³-hybridized carbons (Fsp3) is 0.286. The highest BCUT2D eigenvalue weighted by atomic mass is 79.9. The van der Waals surface area contributed by atoms with Crippen LogP contribution >= 0.6 is 27.5 Å². The fourth-order valence-electron chi connectivity index (χ4n) is 1.65. The van der Waals surface area contributed by atoms with Crippen molar-refractivity contribution in [3.63, 3.8) is 0 Å². The monoisotopic (exact) mass is 355 g/mol. The minimum absolute atomic E-state index is 0.364. The molecule has 0 fully saturated rings. The third-order valence-electron chi connectivity index (χ3n) is 2.54. The number of aromatic nitrogens is 2. The molecule has 0 amide bonds. The van der Waals surface area contributed by atoms with Crippen LogP contribution in [-0.2, 0) is 17.9 Å². The van der Waals surface area contributed by atoms with Gasteiger partial charge in [0.2, 0.25) is 0 Å². The van der Waals surface area contributed by atoms with E-state index in [0.717, 1.165) is 10.0 Å². The van der Waals surface area contributed by atoms with Crippen molar-refractivity contribution in [2.45, 2.75) is 20.1 Å². The Hall–Kier alpha value is -1.17. The number of benzene rings is 1. The van der Waals surface area contributed by atoms with Gasteiger partial charge in [-0.25, -0.2) is 9.97 Å². The Balaban J connectivity index is 2.03. The Morgan fingerprint density at radius 2 is 2.15 bits per heavy atom. The first-order valence-electron chi connectivity index (χ1n) is 6.27. The second-order valence-corrected chi connectivity index (χ2v) is 5.42. The zero-order valence-corrected chi connectivity index (χ0v) is 13.4. The summed E-state index contributed by atoms with van der Waals surface area (Å²) >= 11 is 9.43. The Morgan fingerprint density at radius 3 is 2.90 bits per heavy atom. The molecule has 1 N–H and O–H groups in total. The highest BCUT2D eigenvalue weighted by molar-refractivity contribution is 9.10. The van der Waals surface area contributed by atoms with Crippen LogP contribution in [0.2, 0.25) is 5.15 Å². The largest absolute Gasteiger partial charge is 0.374 e. The summed E-state index contributed by atoms with van der Waals surface area (Å²) in [5.41, 5.74) is 1.15. The number of nitrogens with zero attached hydrogens (tertiary/aromatic N) is 2. The molecule has 2 aromatic rings. The first-order chi connectivity index (χ1) is 9.67. The van der Waals surface area contributed by atoms with Gasteiger partial charge in [-0.15, -0.1) is 0 Å². The molecule has 1 heterocycles. The summed E-state index contributed by atoms with van der Waals surface area (Å²) in [6, 6.07) is 9.79. The predicted molar refractivity (Wildman–Crippen MR) is 83.8 cm³/mol. The Labute approximate surface area is 131 Å². The van der Waals surface area contributed by atoms with E-state index in [1.807, 2.05) is 25.1 Å². The number of hydrogen-bond acceptors (Lipinski definition) is 4. The van der Waals surface area contributed by atoms with E-state index >= 15 is 0 Å². The molecule has 0 aliphatic carbocycles. The minimum Gasteiger partial charge on any atom is -0.374 e. The molecule has 4 nitrogen and oxygen atoms in total. The lowest BCUT2D eigenvalue weighted by Gasteiger charge is -2.08. The van der Waals surface area contributed by atoms with Crippen LogP contribution < -0.4 is 5.32 Å². The van der Waals surface area contributed by atoms with E-state index in [1.165, 1.54) is 0 Å². The summed E-state index contributed by atoms with van der Waals surface area (Å²) in [6.07, 6.45) is 0. The van der Waals surface area contributed by atoms with Gasteiger partial charge in [-0.05, 0) is 24.6 Å². The van der Waals surface area contributed by atoms with Crippen molar-refractivity contribution < 1.29 is 4.74 Å². The summed E-state index contributed by atoms with van der Waals surface area (Å²) in [4.78, 5) is 8.49. The van der Waals surface area contributed by atoms with E-state index in [9.17, 15) is 0 Å². The summed E-state index contributed by atoms with van der Waals surface area (Å²) in [5.74, 6) is 1.27. The maximum Gasteiger partial charge on any atom is 0.158 e. The van der Waals surface area contributed by atoms with E-state index < -0.39 is 0 Å². The first-order valence-corrected chi connectivity index (χ1v) is 7.44. The highest BCUT2D eigenvalue weighted by Gasteiger charge is 2.03. The first kappa shape index (κ1) is 15.2. The smallest absolute Gasteiger partial charge is 0.158 e. The summed E-state index contributed by atoms with van der Waals surface area (Å²) < 4.78 is 6.34. The Kier molecular flexibility index (Phi) is 5.76. The van der Waals surface area contributed by atoms with Crippen LogP contribution in [0.1, 0.15) is 18.3 Å². The van der Waals surface area contributed by atoms with Crippen LogP contribution in [0.3, 0.4) is 0 Å². The summed E-state index contributed by atoms with van der Waals surface area (Å²) in [7, 11) is 0. The van der Waals surface area contributed by atoms with Gasteiger partial charge in [0.15, 0.2) is 5.82 Å². The van der Waals surface area contributed by atoms with Gasteiger partial charge in [0.1, 0.15) is 17.6 Å². The zero-order chi connectivity index (χ0) is 14.4. The van der Waals surface area contributed by atoms with Crippen LogP contribution in [0, 0.1) is 0 Å². The van der Waals surface area contributed by atoms with Gasteiger partial charge in [-0.1, -0.05) is 39.7 Å². The van der Waals surface area contributed by atoms with E-state index in [2.05, 4.69) is 37.3 Å². The fourth-order valence-corrected chi connectivity index (χ4v) is 2.30. The Bertz CT molecular complexity index is 580. The van der Waals surface area contributed by atoms with Crippen molar-refractivity contribution in [3.8, 4) is 0 Å².